The first-order valence-corrected chi connectivity index (χ1v) is 10.6. The van der Waals surface area contributed by atoms with Gasteiger partial charge in [-0.05, 0) is 45.1 Å². The van der Waals surface area contributed by atoms with E-state index in [4.69, 9.17) is 9.73 Å². The Hall–Kier alpha value is -1.39. The Labute approximate surface area is 196 Å². The summed E-state index contributed by atoms with van der Waals surface area (Å²) >= 11 is 1.79. The summed E-state index contributed by atoms with van der Waals surface area (Å²) in [5, 5.41) is 7.93. The molecule has 29 heavy (non-hydrogen) atoms. The lowest BCUT2D eigenvalue weighted by Crippen LogP contribution is -2.39. The molecular weight excluding hydrogens is 497 g/mol. The van der Waals surface area contributed by atoms with Crippen molar-refractivity contribution in [3.8, 4) is 5.75 Å². The van der Waals surface area contributed by atoms with Gasteiger partial charge >= 0.3 is 0 Å². The lowest BCUT2D eigenvalue weighted by atomic mass is 10.1. The molecule has 1 aromatic carbocycles. The van der Waals surface area contributed by atoms with Crippen LogP contribution in [0.2, 0.25) is 0 Å². The van der Waals surface area contributed by atoms with Crippen molar-refractivity contribution < 1.29 is 4.74 Å². The molecule has 6 nitrogen and oxygen atoms in total. The molecular formula is C21H34IN5OS. The molecule has 162 valence electrons. The lowest BCUT2D eigenvalue weighted by molar-refractivity contribution is 0.305. The van der Waals surface area contributed by atoms with Gasteiger partial charge in [-0.2, -0.15) is 0 Å². The summed E-state index contributed by atoms with van der Waals surface area (Å²) in [6.07, 6.45) is 3.93. The number of nitrogens with one attached hydrogen (secondary N) is 2. The van der Waals surface area contributed by atoms with Crippen LogP contribution in [0.25, 0.3) is 0 Å². The number of nitrogens with zero attached hydrogens (tertiary/aromatic N) is 3. The van der Waals surface area contributed by atoms with Crippen molar-refractivity contribution in [1.29, 1.82) is 0 Å². The average Bonchev–Trinajstić information content (AvgIpc) is 3.16. The molecule has 0 saturated heterocycles. The Morgan fingerprint density at radius 3 is 2.69 bits per heavy atom. The third-order valence-electron chi connectivity index (χ3n) is 4.45. The highest BCUT2D eigenvalue weighted by atomic mass is 127. The number of guanidine groups is 1. The average molecular weight is 532 g/mol. The fourth-order valence-corrected chi connectivity index (χ4v) is 3.71. The molecule has 0 amide bonds. The summed E-state index contributed by atoms with van der Waals surface area (Å²) in [5.74, 6) is 1.71. The lowest BCUT2D eigenvalue weighted by Gasteiger charge is -2.24. The quantitative estimate of drug-likeness (QED) is 0.278. The van der Waals surface area contributed by atoms with E-state index in [2.05, 4.69) is 60.6 Å². The summed E-state index contributed by atoms with van der Waals surface area (Å²) in [6.45, 7) is 6.54. The zero-order valence-corrected chi connectivity index (χ0v) is 21.2. The van der Waals surface area contributed by atoms with Crippen molar-refractivity contribution >= 4 is 41.3 Å². The minimum Gasteiger partial charge on any atom is -0.497 e. The van der Waals surface area contributed by atoms with E-state index in [9.17, 15) is 0 Å². The highest BCUT2D eigenvalue weighted by molar-refractivity contribution is 14.0. The topological polar surface area (TPSA) is 61.8 Å². The molecule has 0 spiro atoms. The molecule has 0 aliphatic rings. The molecule has 0 aliphatic carbocycles. The number of ether oxygens (including phenoxy) is 1. The number of aromatic nitrogens is 1. The largest absolute Gasteiger partial charge is 0.497 e. The Morgan fingerprint density at radius 1 is 1.28 bits per heavy atom. The fourth-order valence-electron chi connectivity index (χ4n) is 2.85. The van der Waals surface area contributed by atoms with Crippen LogP contribution in [0.15, 0.2) is 35.5 Å². The van der Waals surface area contributed by atoms with E-state index in [1.165, 1.54) is 15.4 Å². The number of thiazole rings is 1. The molecule has 0 bridgehead atoms. The monoisotopic (exact) mass is 531 g/mol. The maximum absolute atomic E-state index is 5.37. The molecule has 1 aromatic heterocycles. The Bertz CT molecular complexity index is 750. The second kappa shape index (κ2) is 13.8. The van der Waals surface area contributed by atoms with Crippen molar-refractivity contribution in [2.75, 3.05) is 40.8 Å². The highest BCUT2D eigenvalue weighted by Gasteiger charge is 2.15. The van der Waals surface area contributed by atoms with Gasteiger partial charge in [0.1, 0.15) is 5.75 Å². The van der Waals surface area contributed by atoms with Gasteiger partial charge in [-0.3, -0.25) is 4.99 Å². The van der Waals surface area contributed by atoms with Crippen LogP contribution in [0.3, 0.4) is 0 Å². The van der Waals surface area contributed by atoms with Gasteiger partial charge < -0.3 is 20.3 Å². The Morgan fingerprint density at radius 2 is 2.07 bits per heavy atom. The van der Waals surface area contributed by atoms with Crippen LogP contribution in [-0.4, -0.2) is 56.7 Å². The predicted molar refractivity (Wildman–Crippen MR) is 134 cm³/mol. The van der Waals surface area contributed by atoms with Crippen molar-refractivity contribution in [2.24, 2.45) is 4.99 Å². The molecule has 8 heteroatoms. The van der Waals surface area contributed by atoms with E-state index < -0.39 is 0 Å². The van der Waals surface area contributed by atoms with Gasteiger partial charge in [0.2, 0.25) is 0 Å². The summed E-state index contributed by atoms with van der Waals surface area (Å²) < 4.78 is 5.37. The number of rotatable bonds is 10. The Kier molecular flexibility index (Phi) is 12.2. The minimum atomic E-state index is 0. The molecule has 0 aliphatic heterocycles. The summed E-state index contributed by atoms with van der Waals surface area (Å²) in [6, 6.07) is 8.37. The number of hydrogen-bond donors (Lipinski definition) is 2. The van der Waals surface area contributed by atoms with Crippen molar-refractivity contribution in [1.82, 2.24) is 20.5 Å². The van der Waals surface area contributed by atoms with Crippen molar-refractivity contribution in [2.45, 2.75) is 32.7 Å². The van der Waals surface area contributed by atoms with Crippen LogP contribution in [0.4, 0.5) is 0 Å². The van der Waals surface area contributed by atoms with E-state index >= 15 is 0 Å². The summed E-state index contributed by atoms with van der Waals surface area (Å²) in [4.78, 5) is 12.8. The van der Waals surface area contributed by atoms with Gasteiger partial charge in [-0.15, -0.1) is 35.3 Å². The first-order chi connectivity index (χ1) is 13.6. The summed E-state index contributed by atoms with van der Waals surface area (Å²) in [5.41, 5.74) is 1.19. The fraction of sp³-hybridized carbons (Fsp3) is 0.524. The number of aliphatic imine (C=N–C) groups is 1. The third kappa shape index (κ3) is 8.47. The maximum atomic E-state index is 5.37. The molecule has 1 heterocycles. The molecule has 2 N–H and O–H groups in total. The smallest absolute Gasteiger partial charge is 0.191 e. The SMILES string of the molecule is CCNC(=NCC(c1cccc(OC)c1)N(C)C)NCCc1ncc(CC)s1.I. The predicted octanol–water partition coefficient (Wildman–Crippen LogP) is 3.73. The van der Waals surface area contributed by atoms with Gasteiger partial charge in [-0.1, -0.05) is 19.1 Å². The zero-order valence-electron chi connectivity index (χ0n) is 18.1. The minimum absolute atomic E-state index is 0. The van der Waals surface area contributed by atoms with Gasteiger partial charge in [0.15, 0.2) is 5.96 Å². The van der Waals surface area contributed by atoms with Gasteiger partial charge in [0.05, 0.1) is 24.7 Å². The molecule has 2 rings (SSSR count). The van der Waals surface area contributed by atoms with Crippen LogP contribution in [0.5, 0.6) is 5.75 Å². The number of hydrogen-bond acceptors (Lipinski definition) is 5. The van der Waals surface area contributed by atoms with Gasteiger partial charge in [0.25, 0.3) is 0 Å². The van der Waals surface area contributed by atoms with Crippen molar-refractivity contribution in [3.05, 3.63) is 45.9 Å². The normalized spacial score (nSPS) is 12.4. The number of likely N-dealkylation sites (N-methyl/N-ethyl adjacent to an activating group) is 1. The van der Waals surface area contributed by atoms with Crippen LogP contribution in [0, 0.1) is 0 Å². The highest BCUT2D eigenvalue weighted by Crippen LogP contribution is 2.23. The van der Waals surface area contributed by atoms with E-state index in [-0.39, 0.29) is 30.0 Å². The van der Waals surface area contributed by atoms with Crippen molar-refractivity contribution in [3.63, 3.8) is 0 Å². The number of halogens is 1. The number of benzene rings is 1. The van der Waals surface area contributed by atoms with Crippen LogP contribution >= 0.6 is 35.3 Å². The second-order valence-electron chi connectivity index (χ2n) is 6.73. The molecule has 1 unspecified atom stereocenters. The van der Waals surface area contributed by atoms with E-state index in [0.29, 0.717) is 6.54 Å². The van der Waals surface area contributed by atoms with Gasteiger partial charge in [-0.25, -0.2) is 4.98 Å². The second-order valence-corrected chi connectivity index (χ2v) is 7.93. The van der Waals surface area contributed by atoms with Crippen LogP contribution in [0.1, 0.15) is 35.3 Å². The first-order valence-electron chi connectivity index (χ1n) is 9.83. The zero-order chi connectivity index (χ0) is 20.4. The maximum Gasteiger partial charge on any atom is 0.191 e. The van der Waals surface area contributed by atoms with Crippen LogP contribution in [-0.2, 0) is 12.8 Å². The van der Waals surface area contributed by atoms with E-state index in [1.54, 1.807) is 18.4 Å². The van der Waals surface area contributed by atoms with Gasteiger partial charge in [0, 0.05) is 30.6 Å². The molecule has 0 radical (unpaired) electrons. The molecule has 2 aromatic rings. The molecule has 0 fully saturated rings. The van der Waals surface area contributed by atoms with Crippen LogP contribution < -0.4 is 15.4 Å². The summed E-state index contributed by atoms with van der Waals surface area (Å²) in [7, 11) is 5.85. The standard InChI is InChI=1S/C21H33N5OS.HI/c1-6-18-14-24-20(28-18)11-12-23-21(22-7-2)25-15-19(26(3)4)16-9-8-10-17(13-16)27-5;/h8-10,13-14,19H,6-7,11-12,15H2,1-5H3,(H2,22,23,25);1H. The van der Waals surface area contributed by atoms with E-state index in [1.807, 2.05) is 18.3 Å². The number of methoxy groups -OCH3 is 1. The third-order valence-corrected chi connectivity index (χ3v) is 5.65. The number of aryl methyl sites for hydroxylation is 1. The Balaban J connectivity index is 0.00000420. The van der Waals surface area contributed by atoms with E-state index in [0.717, 1.165) is 37.6 Å². The molecule has 1 atom stereocenters. The first kappa shape index (κ1) is 25.6. The molecule has 0 saturated carbocycles.